The maximum Gasteiger partial charge on any atom is 0.191 e. The third-order valence-electron chi connectivity index (χ3n) is 5.14. The number of hydrogen-bond acceptors (Lipinski definition) is 3. The summed E-state index contributed by atoms with van der Waals surface area (Å²) in [5.41, 5.74) is 0. The molecule has 0 aromatic heterocycles. The molecule has 1 saturated carbocycles. The Morgan fingerprint density at radius 1 is 1.26 bits per heavy atom. The summed E-state index contributed by atoms with van der Waals surface area (Å²) in [5, 5.41) is 8.02. The van der Waals surface area contributed by atoms with E-state index >= 15 is 0 Å². The fourth-order valence-electron chi connectivity index (χ4n) is 3.73. The lowest BCUT2D eigenvalue weighted by Gasteiger charge is -2.31. The molecule has 6 heteroatoms. The van der Waals surface area contributed by atoms with E-state index in [1.54, 1.807) is 0 Å². The molecular formula is C17H35IN4S. The number of thioether (sulfide) groups is 1. The zero-order valence-electron chi connectivity index (χ0n) is 15.2. The van der Waals surface area contributed by atoms with E-state index in [9.17, 15) is 0 Å². The Labute approximate surface area is 164 Å². The Hall–Kier alpha value is 0.310. The van der Waals surface area contributed by atoms with Gasteiger partial charge in [0.25, 0.3) is 0 Å². The summed E-state index contributed by atoms with van der Waals surface area (Å²) < 4.78 is 0. The zero-order valence-corrected chi connectivity index (χ0v) is 18.3. The lowest BCUT2D eigenvalue weighted by Crippen LogP contribution is -2.50. The van der Waals surface area contributed by atoms with Crippen molar-refractivity contribution in [3.05, 3.63) is 0 Å². The van der Waals surface area contributed by atoms with Crippen molar-refractivity contribution in [2.45, 2.75) is 63.3 Å². The third-order valence-corrected chi connectivity index (χ3v) is 6.23. The first-order valence-electron chi connectivity index (χ1n) is 8.88. The van der Waals surface area contributed by atoms with E-state index in [0.29, 0.717) is 18.0 Å². The Bertz CT molecular complexity index is 359. The summed E-state index contributed by atoms with van der Waals surface area (Å²) in [5.74, 6) is 1.66. The monoisotopic (exact) mass is 454 g/mol. The van der Waals surface area contributed by atoms with Gasteiger partial charge in [0.1, 0.15) is 0 Å². The Morgan fingerprint density at radius 2 is 1.96 bits per heavy atom. The second kappa shape index (κ2) is 11.0. The van der Waals surface area contributed by atoms with E-state index < -0.39 is 0 Å². The van der Waals surface area contributed by atoms with Crippen LogP contribution < -0.4 is 10.6 Å². The maximum absolute atomic E-state index is 4.43. The molecule has 1 saturated heterocycles. The minimum Gasteiger partial charge on any atom is -0.355 e. The van der Waals surface area contributed by atoms with Crippen molar-refractivity contribution in [2.24, 2.45) is 10.9 Å². The van der Waals surface area contributed by atoms with Crippen molar-refractivity contribution in [1.82, 2.24) is 15.5 Å². The molecule has 2 fully saturated rings. The van der Waals surface area contributed by atoms with Gasteiger partial charge in [0.15, 0.2) is 5.96 Å². The van der Waals surface area contributed by atoms with Crippen LogP contribution in [0.2, 0.25) is 0 Å². The van der Waals surface area contributed by atoms with Gasteiger partial charge < -0.3 is 10.6 Å². The number of nitrogens with zero attached hydrogens (tertiary/aromatic N) is 2. The molecular weight excluding hydrogens is 419 g/mol. The summed E-state index contributed by atoms with van der Waals surface area (Å²) in [7, 11) is 1.89. The van der Waals surface area contributed by atoms with Crippen LogP contribution in [0.1, 0.15) is 46.0 Å². The molecule has 136 valence electrons. The zero-order chi connectivity index (χ0) is 15.9. The summed E-state index contributed by atoms with van der Waals surface area (Å²) in [6, 6.07) is 1.21. The first-order valence-corrected chi connectivity index (χ1v) is 10.2. The molecule has 0 spiro atoms. The molecule has 0 aromatic rings. The summed E-state index contributed by atoms with van der Waals surface area (Å²) in [4.78, 5) is 7.07. The van der Waals surface area contributed by atoms with Crippen LogP contribution in [0, 0.1) is 5.92 Å². The highest BCUT2D eigenvalue weighted by Gasteiger charge is 2.26. The first kappa shape index (κ1) is 21.4. The number of likely N-dealkylation sites (tertiary alicyclic amines) is 1. The molecule has 4 nitrogen and oxygen atoms in total. The largest absolute Gasteiger partial charge is 0.355 e. The molecule has 2 aliphatic rings. The average molecular weight is 454 g/mol. The summed E-state index contributed by atoms with van der Waals surface area (Å²) >= 11 is 2.00. The van der Waals surface area contributed by atoms with Gasteiger partial charge in [-0.3, -0.25) is 9.89 Å². The third kappa shape index (κ3) is 6.61. The van der Waals surface area contributed by atoms with E-state index in [4.69, 9.17) is 0 Å². The summed E-state index contributed by atoms with van der Waals surface area (Å²) in [6.45, 7) is 8.18. The highest BCUT2D eigenvalue weighted by atomic mass is 127. The maximum atomic E-state index is 4.43. The quantitative estimate of drug-likeness (QED) is 0.368. The minimum absolute atomic E-state index is 0. The van der Waals surface area contributed by atoms with Crippen LogP contribution in [0.5, 0.6) is 0 Å². The Morgan fingerprint density at radius 3 is 2.48 bits per heavy atom. The molecule has 1 heterocycles. The van der Waals surface area contributed by atoms with Crippen molar-refractivity contribution in [1.29, 1.82) is 0 Å². The van der Waals surface area contributed by atoms with E-state index in [-0.39, 0.29) is 24.0 Å². The smallest absolute Gasteiger partial charge is 0.191 e. The molecule has 2 rings (SSSR count). The van der Waals surface area contributed by atoms with Crippen LogP contribution in [0.25, 0.3) is 0 Å². The highest BCUT2D eigenvalue weighted by Crippen LogP contribution is 2.28. The van der Waals surface area contributed by atoms with Gasteiger partial charge in [-0.2, -0.15) is 11.8 Å². The van der Waals surface area contributed by atoms with Crippen LogP contribution >= 0.6 is 35.7 Å². The van der Waals surface area contributed by atoms with Gasteiger partial charge in [0.05, 0.1) is 0 Å². The van der Waals surface area contributed by atoms with Crippen molar-refractivity contribution >= 4 is 41.7 Å². The number of nitrogens with one attached hydrogen (secondary N) is 2. The van der Waals surface area contributed by atoms with Crippen molar-refractivity contribution in [2.75, 3.05) is 32.9 Å². The Kier molecular flexibility index (Phi) is 10.2. The molecule has 0 aromatic carbocycles. The topological polar surface area (TPSA) is 39.7 Å². The van der Waals surface area contributed by atoms with Gasteiger partial charge in [-0.25, -0.2) is 0 Å². The van der Waals surface area contributed by atoms with E-state index in [1.807, 2.05) is 18.8 Å². The molecule has 1 aliphatic carbocycles. The number of hydrogen-bond donors (Lipinski definition) is 2. The molecule has 3 unspecified atom stereocenters. The number of aliphatic imine (C=N–C) groups is 1. The van der Waals surface area contributed by atoms with Crippen molar-refractivity contribution < 1.29 is 0 Å². The predicted octanol–water partition coefficient (Wildman–Crippen LogP) is 3.17. The fourth-order valence-corrected chi connectivity index (χ4v) is 4.53. The predicted molar refractivity (Wildman–Crippen MR) is 114 cm³/mol. The van der Waals surface area contributed by atoms with Crippen LogP contribution in [0.3, 0.4) is 0 Å². The van der Waals surface area contributed by atoms with Gasteiger partial charge in [-0.1, -0.05) is 13.8 Å². The summed E-state index contributed by atoms with van der Waals surface area (Å²) in [6.07, 6.45) is 8.80. The second-order valence-corrected chi connectivity index (χ2v) is 8.16. The van der Waals surface area contributed by atoms with Crippen LogP contribution in [0.15, 0.2) is 4.99 Å². The normalized spacial score (nSPS) is 27.1. The Balaban J connectivity index is 0.00000264. The van der Waals surface area contributed by atoms with Gasteiger partial charge in [-0.15, -0.1) is 24.0 Å². The van der Waals surface area contributed by atoms with Crippen molar-refractivity contribution in [3.63, 3.8) is 0 Å². The molecule has 3 atom stereocenters. The second-order valence-electron chi connectivity index (χ2n) is 7.02. The molecule has 23 heavy (non-hydrogen) atoms. The highest BCUT2D eigenvalue weighted by molar-refractivity contribution is 14.0. The molecule has 1 aliphatic heterocycles. The number of guanidine groups is 1. The van der Waals surface area contributed by atoms with Crippen LogP contribution in [-0.2, 0) is 0 Å². The van der Waals surface area contributed by atoms with E-state index in [2.05, 4.69) is 40.6 Å². The lowest BCUT2D eigenvalue weighted by molar-refractivity contribution is 0.192. The first-order chi connectivity index (χ1) is 10.6. The van der Waals surface area contributed by atoms with E-state index in [1.165, 1.54) is 45.2 Å². The van der Waals surface area contributed by atoms with Gasteiger partial charge in [0.2, 0.25) is 0 Å². The SMILES string of the molecule is CN=C(NCC(C(C)C)N1CCCC1)NC1CCC(SC)C1.I. The lowest BCUT2D eigenvalue weighted by atomic mass is 10.0. The van der Waals surface area contributed by atoms with E-state index in [0.717, 1.165) is 17.8 Å². The minimum atomic E-state index is 0. The molecule has 2 N–H and O–H groups in total. The standard InChI is InChI=1S/C17H34N4S.HI/c1-13(2)16(21-9-5-6-10-21)12-19-17(18-3)20-14-7-8-15(11-14)22-4;/h13-16H,5-12H2,1-4H3,(H2,18,19,20);1H. The average Bonchev–Trinajstić information content (AvgIpc) is 3.17. The molecule has 0 bridgehead atoms. The fraction of sp³-hybridized carbons (Fsp3) is 0.941. The van der Waals surface area contributed by atoms with Gasteiger partial charge >= 0.3 is 0 Å². The van der Waals surface area contributed by atoms with Gasteiger partial charge in [0, 0.05) is 30.9 Å². The number of halogens is 1. The van der Waals surface area contributed by atoms with Crippen LogP contribution in [0.4, 0.5) is 0 Å². The molecule has 0 amide bonds. The van der Waals surface area contributed by atoms with Crippen LogP contribution in [-0.4, -0.2) is 61.1 Å². The number of rotatable bonds is 6. The molecule has 0 radical (unpaired) electrons. The van der Waals surface area contributed by atoms with Crippen molar-refractivity contribution in [3.8, 4) is 0 Å². The van der Waals surface area contributed by atoms with Gasteiger partial charge in [-0.05, 0) is 57.4 Å².